The molecule has 0 atom stereocenters. The number of benzene rings is 1. The van der Waals surface area contributed by atoms with Gasteiger partial charge in [0, 0.05) is 17.3 Å². The molecule has 0 unspecified atom stereocenters. The molecule has 2 rings (SSSR count). The standard InChI is InChI=1S/C10H7ClN2/c1-6-9-5-8(11)3-4-10(9)13-7(2)12-6/h1,3-5H,2H3. The highest BCUT2D eigenvalue weighted by molar-refractivity contribution is 6.31. The molecule has 0 aliphatic rings. The average molecular weight is 191 g/mol. The Balaban J connectivity index is 2.87. The topological polar surface area (TPSA) is 25.8 Å². The highest BCUT2D eigenvalue weighted by Crippen LogP contribution is 2.19. The van der Waals surface area contributed by atoms with Gasteiger partial charge in [-0.05, 0) is 25.1 Å². The predicted octanol–water partition coefficient (Wildman–Crippen LogP) is 2.65. The molecule has 13 heavy (non-hydrogen) atoms. The number of aryl methyl sites for hydroxylation is 1. The Bertz CT molecular complexity index is 466. The van der Waals surface area contributed by atoms with Gasteiger partial charge in [0.1, 0.15) is 5.82 Å². The van der Waals surface area contributed by atoms with Crippen LogP contribution in [0.15, 0.2) is 18.2 Å². The molecule has 0 N–H and O–H groups in total. The van der Waals surface area contributed by atoms with Crippen molar-refractivity contribution in [1.29, 1.82) is 0 Å². The number of fused-ring (bicyclic) bond motifs is 1. The number of halogens is 1. The van der Waals surface area contributed by atoms with E-state index < -0.39 is 0 Å². The van der Waals surface area contributed by atoms with Gasteiger partial charge in [0.15, 0.2) is 0 Å². The maximum Gasteiger partial charge on any atom is 0.126 e. The van der Waals surface area contributed by atoms with Crippen molar-refractivity contribution in [2.75, 3.05) is 0 Å². The molecule has 0 saturated carbocycles. The maximum atomic E-state index is 5.82. The van der Waals surface area contributed by atoms with Gasteiger partial charge >= 0.3 is 0 Å². The summed E-state index contributed by atoms with van der Waals surface area (Å²) in [5.74, 6) is 0.673. The van der Waals surface area contributed by atoms with Crippen LogP contribution in [0.3, 0.4) is 0 Å². The number of hydrogen-bond donors (Lipinski definition) is 0. The Kier molecular flexibility index (Phi) is 1.93. The van der Waals surface area contributed by atoms with Crippen molar-refractivity contribution in [3.8, 4) is 0 Å². The highest BCUT2D eigenvalue weighted by atomic mass is 35.5. The number of aromatic nitrogens is 2. The third-order valence-electron chi connectivity index (χ3n) is 1.80. The molecule has 3 heteroatoms. The molecule has 0 amide bonds. The molecule has 1 aromatic heterocycles. The lowest BCUT2D eigenvalue weighted by Gasteiger charge is -2.01. The molecule has 2 nitrogen and oxygen atoms in total. The molecular formula is C10H7ClN2. The number of nitrogens with zero attached hydrogens (tertiary/aromatic N) is 2. The Morgan fingerprint density at radius 3 is 2.85 bits per heavy atom. The van der Waals surface area contributed by atoms with E-state index in [1.165, 1.54) is 0 Å². The van der Waals surface area contributed by atoms with Crippen LogP contribution >= 0.6 is 11.6 Å². The molecule has 2 radical (unpaired) electrons. The van der Waals surface area contributed by atoms with E-state index in [9.17, 15) is 0 Å². The predicted molar refractivity (Wildman–Crippen MR) is 52.7 cm³/mol. The Morgan fingerprint density at radius 2 is 2.08 bits per heavy atom. The van der Waals surface area contributed by atoms with Gasteiger partial charge in [-0.15, -0.1) is 0 Å². The zero-order valence-electron chi connectivity index (χ0n) is 7.08. The zero-order valence-corrected chi connectivity index (χ0v) is 7.84. The monoisotopic (exact) mass is 190 g/mol. The van der Waals surface area contributed by atoms with E-state index in [-0.39, 0.29) is 0 Å². The molecular weight excluding hydrogens is 184 g/mol. The smallest absolute Gasteiger partial charge is 0.126 e. The summed E-state index contributed by atoms with van der Waals surface area (Å²) in [5.41, 5.74) is 1.31. The van der Waals surface area contributed by atoms with Gasteiger partial charge in [0.25, 0.3) is 0 Å². The van der Waals surface area contributed by atoms with E-state index in [2.05, 4.69) is 9.97 Å². The van der Waals surface area contributed by atoms with Gasteiger partial charge in [-0.3, -0.25) is 0 Å². The van der Waals surface area contributed by atoms with E-state index in [1.807, 2.05) is 13.0 Å². The summed E-state index contributed by atoms with van der Waals surface area (Å²) in [5, 5.41) is 1.45. The second kappa shape index (κ2) is 2.96. The summed E-state index contributed by atoms with van der Waals surface area (Å²) in [6, 6.07) is 5.39. The Labute approximate surface area is 81.6 Å². The third-order valence-corrected chi connectivity index (χ3v) is 2.03. The molecule has 0 aliphatic heterocycles. The molecule has 0 fully saturated rings. The minimum absolute atomic E-state index is 0.477. The lowest BCUT2D eigenvalue weighted by atomic mass is 10.2. The van der Waals surface area contributed by atoms with Gasteiger partial charge in [-0.1, -0.05) is 11.6 Å². The van der Waals surface area contributed by atoms with Crippen molar-refractivity contribution >= 4 is 22.5 Å². The summed E-state index contributed by atoms with van der Waals surface area (Å²) >= 11 is 5.82. The van der Waals surface area contributed by atoms with Crippen LogP contribution in [0.4, 0.5) is 0 Å². The summed E-state index contributed by atoms with van der Waals surface area (Å²) < 4.78 is 0. The molecule has 64 valence electrons. The molecule has 0 spiro atoms. The van der Waals surface area contributed by atoms with Gasteiger partial charge in [-0.2, -0.15) is 0 Å². The van der Waals surface area contributed by atoms with Crippen molar-refractivity contribution in [2.24, 2.45) is 0 Å². The quantitative estimate of drug-likeness (QED) is 0.638. The SMILES string of the molecule is [CH]c1nc(C)nc2ccc(Cl)cc12. The second-order valence-electron chi connectivity index (χ2n) is 2.82. The lowest BCUT2D eigenvalue weighted by molar-refractivity contribution is 1.07. The van der Waals surface area contributed by atoms with Crippen LogP contribution in [0.5, 0.6) is 0 Å². The Morgan fingerprint density at radius 1 is 1.31 bits per heavy atom. The van der Waals surface area contributed by atoms with Gasteiger partial charge in [0.05, 0.1) is 11.2 Å². The largest absolute Gasteiger partial charge is 0.237 e. The van der Waals surface area contributed by atoms with Crippen molar-refractivity contribution in [1.82, 2.24) is 9.97 Å². The zero-order chi connectivity index (χ0) is 9.42. The van der Waals surface area contributed by atoms with Crippen LogP contribution in [0.1, 0.15) is 11.5 Å². The average Bonchev–Trinajstić information content (AvgIpc) is 2.06. The summed E-state index contributed by atoms with van der Waals surface area (Å²) in [4.78, 5) is 8.28. The van der Waals surface area contributed by atoms with Crippen molar-refractivity contribution < 1.29 is 0 Å². The molecule has 1 heterocycles. The summed E-state index contributed by atoms with van der Waals surface area (Å²) in [6.07, 6.45) is 0. The van der Waals surface area contributed by atoms with E-state index >= 15 is 0 Å². The third kappa shape index (κ3) is 1.49. The first kappa shape index (κ1) is 8.45. The Hall–Kier alpha value is -1.15. The molecule has 0 aliphatic carbocycles. The van der Waals surface area contributed by atoms with Gasteiger partial charge in [0.2, 0.25) is 0 Å². The van der Waals surface area contributed by atoms with Gasteiger partial charge in [-0.25, -0.2) is 9.97 Å². The van der Waals surface area contributed by atoms with E-state index in [0.29, 0.717) is 16.5 Å². The van der Waals surface area contributed by atoms with Crippen LogP contribution in [0, 0.1) is 13.8 Å². The minimum atomic E-state index is 0.477. The number of hydrogen-bond acceptors (Lipinski definition) is 2. The molecule has 2 aromatic rings. The minimum Gasteiger partial charge on any atom is -0.237 e. The van der Waals surface area contributed by atoms with E-state index in [1.54, 1.807) is 12.1 Å². The second-order valence-corrected chi connectivity index (χ2v) is 3.25. The van der Waals surface area contributed by atoms with Crippen molar-refractivity contribution in [3.05, 3.63) is 41.7 Å². The van der Waals surface area contributed by atoms with Crippen LogP contribution in [-0.4, -0.2) is 9.97 Å². The summed E-state index contributed by atoms with van der Waals surface area (Å²) in [6.45, 7) is 7.53. The van der Waals surface area contributed by atoms with E-state index in [4.69, 9.17) is 18.5 Å². The fraction of sp³-hybridized carbons (Fsp3) is 0.100. The number of rotatable bonds is 0. The van der Waals surface area contributed by atoms with E-state index in [0.717, 1.165) is 10.9 Å². The first-order chi connectivity index (χ1) is 6.16. The molecule has 0 bridgehead atoms. The fourth-order valence-corrected chi connectivity index (χ4v) is 1.42. The van der Waals surface area contributed by atoms with Crippen molar-refractivity contribution in [3.63, 3.8) is 0 Å². The lowest BCUT2D eigenvalue weighted by Crippen LogP contribution is -1.92. The highest BCUT2D eigenvalue weighted by Gasteiger charge is 2.01. The molecule has 1 aromatic carbocycles. The van der Waals surface area contributed by atoms with Gasteiger partial charge < -0.3 is 0 Å². The first-order valence-corrected chi connectivity index (χ1v) is 4.24. The van der Waals surface area contributed by atoms with Crippen LogP contribution in [-0.2, 0) is 0 Å². The maximum absolute atomic E-state index is 5.82. The van der Waals surface area contributed by atoms with Crippen LogP contribution in [0.2, 0.25) is 5.02 Å². The summed E-state index contributed by atoms with van der Waals surface area (Å²) in [7, 11) is 0. The van der Waals surface area contributed by atoms with Crippen LogP contribution < -0.4 is 0 Å². The first-order valence-electron chi connectivity index (χ1n) is 3.86. The van der Waals surface area contributed by atoms with Crippen molar-refractivity contribution in [2.45, 2.75) is 6.92 Å². The fourth-order valence-electron chi connectivity index (χ4n) is 1.24. The normalized spacial score (nSPS) is 10.7. The molecule has 0 saturated heterocycles. The van der Waals surface area contributed by atoms with Crippen LogP contribution in [0.25, 0.3) is 10.9 Å².